The summed E-state index contributed by atoms with van der Waals surface area (Å²) in [7, 11) is 0. The van der Waals surface area contributed by atoms with E-state index < -0.39 is 6.61 Å². The SMILES string of the molecule is O=C(NCC1CN(C(=O)CO)CCO1)c1c[nH]c2c(-c3c(OCC4CC4)ccc4c3OCO4)ncnc12. The van der Waals surface area contributed by atoms with E-state index in [2.05, 4.69) is 20.3 Å². The third-order valence-electron chi connectivity index (χ3n) is 6.73. The Morgan fingerprint density at radius 2 is 2.14 bits per heavy atom. The summed E-state index contributed by atoms with van der Waals surface area (Å²) in [4.78, 5) is 38.4. The van der Waals surface area contributed by atoms with Crippen molar-refractivity contribution < 1.29 is 33.6 Å². The van der Waals surface area contributed by atoms with E-state index >= 15 is 0 Å². The number of aliphatic hydroxyl groups excluding tert-OH is 1. The Kier molecular flexibility index (Phi) is 6.26. The normalized spacial score (nSPS) is 18.7. The van der Waals surface area contributed by atoms with Gasteiger partial charge in [-0.15, -0.1) is 0 Å². The summed E-state index contributed by atoms with van der Waals surface area (Å²) in [5.74, 6) is 1.65. The molecule has 1 atom stereocenters. The number of hydrogen-bond donors (Lipinski definition) is 3. The molecule has 1 unspecified atom stereocenters. The molecule has 1 aromatic carbocycles. The van der Waals surface area contributed by atoms with E-state index in [1.165, 1.54) is 11.2 Å². The third-order valence-corrected chi connectivity index (χ3v) is 6.73. The van der Waals surface area contributed by atoms with Crippen LogP contribution in [0.5, 0.6) is 17.2 Å². The summed E-state index contributed by atoms with van der Waals surface area (Å²) in [6.07, 6.45) is 4.94. The average Bonchev–Trinajstić information content (AvgIpc) is 3.45. The van der Waals surface area contributed by atoms with E-state index in [9.17, 15) is 9.59 Å². The third kappa shape index (κ3) is 4.65. The van der Waals surface area contributed by atoms with Gasteiger partial charge in [0.1, 0.15) is 29.9 Å². The molecule has 12 heteroatoms. The molecule has 1 aliphatic carbocycles. The van der Waals surface area contributed by atoms with Crippen molar-refractivity contribution in [2.24, 2.45) is 5.92 Å². The van der Waals surface area contributed by atoms with Crippen LogP contribution in [0.2, 0.25) is 0 Å². The lowest BCUT2D eigenvalue weighted by atomic mass is 10.1. The van der Waals surface area contributed by atoms with Crippen molar-refractivity contribution in [3.8, 4) is 28.5 Å². The van der Waals surface area contributed by atoms with Crippen LogP contribution in [-0.4, -0.2) is 89.1 Å². The van der Waals surface area contributed by atoms with E-state index in [-0.39, 0.29) is 31.3 Å². The first-order chi connectivity index (χ1) is 18.1. The molecule has 1 saturated carbocycles. The van der Waals surface area contributed by atoms with Crippen LogP contribution in [0, 0.1) is 5.92 Å². The minimum atomic E-state index is -0.550. The standard InChI is InChI=1S/C25H27N5O7/c31-10-19(32)30-5-6-34-15(9-30)7-27-25(33)16-8-26-23-21(16)28-12-29-22(23)20-17(35-11-14-1-2-14)3-4-18-24(20)37-13-36-18/h3-4,8,12,14-15,26,31H,1-2,5-7,9-11,13H2,(H,27,33). The number of nitrogens with zero attached hydrogens (tertiary/aromatic N) is 3. The highest BCUT2D eigenvalue weighted by Gasteiger charge is 2.29. The number of aromatic amines is 1. The van der Waals surface area contributed by atoms with E-state index in [4.69, 9.17) is 24.1 Å². The molecular weight excluding hydrogens is 482 g/mol. The molecule has 0 bridgehead atoms. The van der Waals surface area contributed by atoms with Crippen LogP contribution in [0.15, 0.2) is 24.7 Å². The lowest BCUT2D eigenvalue weighted by Crippen LogP contribution is -2.50. The number of H-pyrrole nitrogens is 1. The van der Waals surface area contributed by atoms with Crippen LogP contribution in [0.1, 0.15) is 23.2 Å². The maximum atomic E-state index is 13.1. The van der Waals surface area contributed by atoms with Crippen molar-refractivity contribution in [1.82, 2.24) is 25.2 Å². The number of amides is 2. The number of carbonyl (C=O) groups excluding carboxylic acids is 2. The molecule has 4 heterocycles. The van der Waals surface area contributed by atoms with Crippen LogP contribution in [0.25, 0.3) is 22.3 Å². The molecule has 37 heavy (non-hydrogen) atoms. The second kappa shape index (κ2) is 9.87. The number of aromatic nitrogens is 3. The molecule has 3 N–H and O–H groups in total. The summed E-state index contributed by atoms with van der Waals surface area (Å²) in [6.45, 7) is 1.42. The Morgan fingerprint density at radius 3 is 2.97 bits per heavy atom. The first-order valence-corrected chi connectivity index (χ1v) is 12.3. The highest BCUT2D eigenvalue weighted by molar-refractivity contribution is 6.08. The predicted octanol–water partition coefficient (Wildman–Crippen LogP) is 1.09. The number of benzene rings is 1. The molecule has 2 aliphatic heterocycles. The smallest absolute Gasteiger partial charge is 0.255 e. The molecule has 1 saturated heterocycles. The molecule has 6 rings (SSSR count). The fourth-order valence-electron chi connectivity index (χ4n) is 4.56. The van der Waals surface area contributed by atoms with Crippen LogP contribution in [0.4, 0.5) is 0 Å². The Labute approximate surface area is 211 Å². The van der Waals surface area contributed by atoms with Crippen molar-refractivity contribution in [2.45, 2.75) is 18.9 Å². The Hall–Kier alpha value is -3.90. The topological polar surface area (TPSA) is 148 Å². The number of carbonyl (C=O) groups is 2. The van der Waals surface area contributed by atoms with Gasteiger partial charge in [-0.2, -0.15) is 0 Å². The Balaban J connectivity index is 1.25. The Morgan fingerprint density at radius 1 is 1.24 bits per heavy atom. The average molecular weight is 510 g/mol. The number of ether oxygens (including phenoxy) is 4. The quantitative estimate of drug-likeness (QED) is 0.406. The first-order valence-electron chi connectivity index (χ1n) is 12.3. The molecule has 2 amide bonds. The van der Waals surface area contributed by atoms with E-state index in [1.54, 1.807) is 6.20 Å². The summed E-state index contributed by atoms with van der Waals surface area (Å²) in [5, 5.41) is 12.0. The highest BCUT2D eigenvalue weighted by atomic mass is 16.7. The fraction of sp³-hybridized carbons (Fsp3) is 0.440. The second-order valence-corrected chi connectivity index (χ2v) is 9.28. The van der Waals surface area contributed by atoms with Crippen molar-refractivity contribution in [3.63, 3.8) is 0 Å². The number of hydrogen-bond acceptors (Lipinski definition) is 9. The molecule has 2 fully saturated rings. The zero-order valence-corrected chi connectivity index (χ0v) is 20.1. The highest BCUT2D eigenvalue weighted by Crippen LogP contribution is 2.48. The van der Waals surface area contributed by atoms with Gasteiger partial charge in [0.15, 0.2) is 11.5 Å². The zero-order valence-electron chi connectivity index (χ0n) is 20.1. The van der Waals surface area contributed by atoms with E-state index in [0.717, 1.165) is 12.8 Å². The van der Waals surface area contributed by atoms with E-state index in [1.807, 2.05) is 12.1 Å². The molecule has 0 spiro atoms. The summed E-state index contributed by atoms with van der Waals surface area (Å²) >= 11 is 0. The second-order valence-electron chi connectivity index (χ2n) is 9.28. The molecule has 3 aliphatic rings. The molecule has 12 nitrogen and oxygen atoms in total. The van der Waals surface area contributed by atoms with Crippen LogP contribution < -0.4 is 19.5 Å². The largest absolute Gasteiger partial charge is 0.492 e. The van der Waals surface area contributed by atoms with Crippen LogP contribution >= 0.6 is 0 Å². The number of nitrogens with one attached hydrogen (secondary N) is 2. The zero-order chi connectivity index (χ0) is 25.4. The van der Waals surface area contributed by atoms with Gasteiger partial charge in [0.2, 0.25) is 12.7 Å². The van der Waals surface area contributed by atoms with Gasteiger partial charge >= 0.3 is 0 Å². The van der Waals surface area contributed by atoms with Crippen LogP contribution in [0.3, 0.4) is 0 Å². The molecular formula is C25H27N5O7. The number of fused-ring (bicyclic) bond motifs is 2. The lowest BCUT2D eigenvalue weighted by molar-refractivity contribution is -0.141. The fourth-order valence-corrected chi connectivity index (χ4v) is 4.56. The Bertz CT molecular complexity index is 1340. The minimum absolute atomic E-state index is 0.103. The van der Waals surface area contributed by atoms with Gasteiger partial charge in [-0.25, -0.2) is 9.97 Å². The van der Waals surface area contributed by atoms with Gasteiger partial charge in [-0.1, -0.05) is 0 Å². The van der Waals surface area contributed by atoms with Gasteiger partial charge in [0.25, 0.3) is 5.91 Å². The van der Waals surface area contributed by atoms with E-state index in [0.29, 0.717) is 77.3 Å². The van der Waals surface area contributed by atoms with Crippen LogP contribution in [-0.2, 0) is 9.53 Å². The summed E-state index contributed by atoms with van der Waals surface area (Å²) < 4.78 is 23.2. The van der Waals surface area contributed by atoms with Gasteiger partial charge < -0.3 is 39.3 Å². The molecule has 0 radical (unpaired) electrons. The summed E-state index contributed by atoms with van der Waals surface area (Å²) in [6, 6.07) is 3.67. The molecule has 194 valence electrons. The maximum Gasteiger partial charge on any atom is 0.255 e. The first kappa shape index (κ1) is 23.5. The molecule has 2 aromatic heterocycles. The van der Waals surface area contributed by atoms with Gasteiger partial charge in [0.05, 0.1) is 36.0 Å². The monoisotopic (exact) mass is 509 g/mol. The maximum absolute atomic E-state index is 13.1. The predicted molar refractivity (Wildman–Crippen MR) is 129 cm³/mol. The van der Waals surface area contributed by atoms with Crippen molar-refractivity contribution >= 4 is 22.8 Å². The molecule has 3 aromatic rings. The number of rotatable bonds is 8. The number of morpholine rings is 1. The van der Waals surface area contributed by atoms with Gasteiger partial charge in [-0.3, -0.25) is 9.59 Å². The van der Waals surface area contributed by atoms with Gasteiger partial charge in [-0.05, 0) is 30.9 Å². The number of aliphatic hydroxyl groups is 1. The minimum Gasteiger partial charge on any atom is -0.492 e. The lowest BCUT2D eigenvalue weighted by Gasteiger charge is -2.32. The summed E-state index contributed by atoms with van der Waals surface area (Å²) in [5.41, 5.74) is 2.57. The van der Waals surface area contributed by atoms with Crippen molar-refractivity contribution in [3.05, 3.63) is 30.2 Å². The van der Waals surface area contributed by atoms with Crippen molar-refractivity contribution in [2.75, 3.05) is 46.2 Å². The van der Waals surface area contributed by atoms with Crippen molar-refractivity contribution in [1.29, 1.82) is 0 Å². The van der Waals surface area contributed by atoms with Gasteiger partial charge in [0, 0.05) is 25.8 Å².